The molecule has 0 saturated heterocycles. The molecule has 4 heteroatoms. The van der Waals surface area contributed by atoms with E-state index in [0.29, 0.717) is 11.3 Å². The van der Waals surface area contributed by atoms with Crippen LogP contribution in [0.4, 0.5) is 0 Å². The third-order valence-corrected chi connectivity index (χ3v) is 2.17. The molecule has 0 amide bonds. The Morgan fingerprint density at radius 3 is 2.47 bits per heavy atom. The Balaban J connectivity index is 2.30. The average Bonchev–Trinajstić information content (AvgIpc) is 2.13. The first-order chi connectivity index (χ1) is 7.79. The lowest BCUT2D eigenvalue weighted by atomic mass is 10.1. The van der Waals surface area contributed by atoms with Crippen molar-refractivity contribution in [3.8, 4) is 5.75 Å². The molecule has 1 aromatic rings. The molecule has 0 aliphatic carbocycles. The van der Waals surface area contributed by atoms with E-state index < -0.39 is 17.5 Å². The van der Waals surface area contributed by atoms with Crippen LogP contribution >= 0.6 is 0 Å². The third kappa shape index (κ3) is 2.58. The zero-order valence-corrected chi connectivity index (χ0v) is 10.4. The van der Waals surface area contributed by atoms with Crippen LogP contribution in [-0.2, 0) is 9.47 Å². The highest BCUT2D eigenvalue weighted by molar-refractivity contribution is 5.93. The largest absolute Gasteiger partial charge is 0.429 e. The van der Waals surface area contributed by atoms with Crippen LogP contribution in [0.25, 0.3) is 0 Å². The lowest BCUT2D eigenvalue weighted by molar-refractivity contribution is -0.341. The molecule has 92 valence electrons. The Labute approximate surface area is 100 Å². The van der Waals surface area contributed by atoms with Gasteiger partial charge in [-0.2, -0.15) is 0 Å². The summed E-state index contributed by atoms with van der Waals surface area (Å²) < 4.78 is 16.4. The van der Waals surface area contributed by atoms with Gasteiger partial charge < -0.3 is 14.2 Å². The number of benzene rings is 1. The van der Waals surface area contributed by atoms with E-state index in [2.05, 4.69) is 0 Å². The number of rotatable bonds is 1. The second kappa shape index (κ2) is 3.74. The van der Waals surface area contributed by atoms with Crippen molar-refractivity contribution in [3.05, 3.63) is 29.8 Å². The number of para-hydroxylation sites is 1. The molecule has 1 aliphatic rings. The van der Waals surface area contributed by atoms with E-state index in [4.69, 9.17) is 14.2 Å². The molecular weight excluding hydrogens is 220 g/mol. The summed E-state index contributed by atoms with van der Waals surface area (Å²) in [7, 11) is 0. The van der Waals surface area contributed by atoms with Crippen LogP contribution in [0.15, 0.2) is 24.3 Å². The van der Waals surface area contributed by atoms with Gasteiger partial charge in [0.1, 0.15) is 11.3 Å². The minimum absolute atomic E-state index is 0.419. The van der Waals surface area contributed by atoms with Crippen LogP contribution in [0.5, 0.6) is 5.75 Å². The van der Waals surface area contributed by atoms with E-state index in [9.17, 15) is 4.79 Å². The van der Waals surface area contributed by atoms with E-state index in [1.54, 1.807) is 31.2 Å². The fourth-order valence-corrected chi connectivity index (χ4v) is 1.77. The van der Waals surface area contributed by atoms with Gasteiger partial charge in [-0.1, -0.05) is 12.1 Å². The number of cyclic esters (lactones) is 1. The number of hydrogen-bond donors (Lipinski definition) is 0. The lowest BCUT2D eigenvalue weighted by Gasteiger charge is -2.38. The standard InChI is InChI=1S/C13H16O4/c1-12(2,3)17-13(4)15-10-8-6-5-7-9(10)11(14)16-13/h5-8H,1-4H3. The van der Waals surface area contributed by atoms with Crippen LogP contribution in [-0.4, -0.2) is 17.5 Å². The fraction of sp³-hybridized carbons (Fsp3) is 0.462. The molecule has 17 heavy (non-hydrogen) atoms. The normalized spacial score (nSPS) is 23.6. The Bertz CT molecular complexity index is 447. The molecule has 1 aromatic carbocycles. The van der Waals surface area contributed by atoms with Crippen molar-refractivity contribution in [2.75, 3.05) is 0 Å². The van der Waals surface area contributed by atoms with E-state index in [0.717, 1.165) is 0 Å². The molecular formula is C13H16O4. The maximum absolute atomic E-state index is 11.8. The average molecular weight is 236 g/mol. The van der Waals surface area contributed by atoms with E-state index in [1.807, 2.05) is 20.8 Å². The van der Waals surface area contributed by atoms with Crippen LogP contribution in [0.2, 0.25) is 0 Å². The number of esters is 1. The van der Waals surface area contributed by atoms with Crippen LogP contribution in [0.3, 0.4) is 0 Å². The topological polar surface area (TPSA) is 44.8 Å². The van der Waals surface area contributed by atoms with Crippen LogP contribution in [0, 0.1) is 0 Å². The Morgan fingerprint density at radius 2 is 1.82 bits per heavy atom. The van der Waals surface area contributed by atoms with E-state index in [1.165, 1.54) is 0 Å². The van der Waals surface area contributed by atoms with Gasteiger partial charge in [-0.25, -0.2) is 4.79 Å². The van der Waals surface area contributed by atoms with Crippen molar-refractivity contribution < 1.29 is 19.0 Å². The summed E-state index contributed by atoms with van der Waals surface area (Å²) in [6.45, 7) is 7.20. The van der Waals surface area contributed by atoms with Gasteiger partial charge in [0.2, 0.25) is 0 Å². The van der Waals surface area contributed by atoms with Gasteiger partial charge in [0.25, 0.3) is 0 Å². The molecule has 2 rings (SSSR count). The molecule has 0 fully saturated rings. The van der Waals surface area contributed by atoms with Gasteiger partial charge in [0.05, 0.1) is 5.60 Å². The van der Waals surface area contributed by atoms with Gasteiger partial charge in [-0.3, -0.25) is 0 Å². The summed E-state index contributed by atoms with van der Waals surface area (Å²) in [5, 5.41) is 0. The molecule has 4 nitrogen and oxygen atoms in total. The maximum Gasteiger partial charge on any atom is 0.371 e. The Kier molecular flexibility index (Phi) is 2.62. The molecule has 0 aromatic heterocycles. The molecule has 0 saturated carbocycles. The van der Waals surface area contributed by atoms with Crippen molar-refractivity contribution in [1.29, 1.82) is 0 Å². The third-order valence-electron chi connectivity index (χ3n) is 2.17. The number of fused-ring (bicyclic) bond motifs is 1. The summed E-state index contributed by atoms with van der Waals surface area (Å²) in [4.78, 5) is 11.8. The molecule has 0 N–H and O–H groups in total. The van der Waals surface area contributed by atoms with Gasteiger partial charge >= 0.3 is 11.9 Å². The SMILES string of the molecule is CC(C)(C)OC1(C)OC(=O)c2ccccc2O1. The van der Waals surface area contributed by atoms with Gasteiger partial charge in [0.15, 0.2) is 0 Å². The highest BCUT2D eigenvalue weighted by Gasteiger charge is 2.42. The van der Waals surface area contributed by atoms with Crippen LogP contribution < -0.4 is 4.74 Å². The Morgan fingerprint density at radius 1 is 1.18 bits per heavy atom. The van der Waals surface area contributed by atoms with Gasteiger partial charge in [-0.05, 0) is 32.9 Å². The van der Waals surface area contributed by atoms with E-state index >= 15 is 0 Å². The van der Waals surface area contributed by atoms with Crippen molar-refractivity contribution >= 4 is 5.97 Å². The lowest BCUT2D eigenvalue weighted by Crippen LogP contribution is -2.48. The number of hydrogen-bond acceptors (Lipinski definition) is 4. The fourth-order valence-electron chi connectivity index (χ4n) is 1.77. The predicted molar refractivity (Wildman–Crippen MR) is 61.7 cm³/mol. The predicted octanol–water partition coefficient (Wildman–Crippen LogP) is 2.72. The van der Waals surface area contributed by atoms with Crippen molar-refractivity contribution in [3.63, 3.8) is 0 Å². The summed E-state index contributed by atoms with van der Waals surface area (Å²) in [5.41, 5.74) is -0.0520. The van der Waals surface area contributed by atoms with Crippen molar-refractivity contribution in [1.82, 2.24) is 0 Å². The minimum Gasteiger partial charge on any atom is -0.429 e. The molecule has 1 aliphatic heterocycles. The summed E-state index contributed by atoms with van der Waals surface area (Å²) in [6.07, 6.45) is 0. The van der Waals surface area contributed by atoms with Crippen molar-refractivity contribution in [2.45, 2.75) is 39.3 Å². The summed E-state index contributed by atoms with van der Waals surface area (Å²) in [6, 6.07) is 6.94. The summed E-state index contributed by atoms with van der Waals surface area (Å²) >= 11 is 0. The van der Waals surface area contributed by atoms with E-state index in [-0.39, 0.29) is 0 Å². The molecule has 0 spiro atoms. The second-order valence-corrected chi connectivity index (χ2v) is 5.06. The zero-order chi connectivity index (χ0) is 12.7. The Hall–Kier alpha value is -1.55. The molecule has 0 radical (unpaired) electrons. The molecule has 1 heterocycles. The quantitative estimate of drug-likeness (QED) is 0.703. The van der Waals surface area contributed by atoms with Crippen LogP contribution in [0.1, 0.15) is 38.1 Å². The summed E-state index contributed by atoms with van der Waals surface area (Å²) in [5.74, 6) is -1.32. The van der Waals surface area contributed by atoms with Crippen molar-refractivity contribution in [2.24, 2.45) is 0 Å². The highest BCUT2D eigenvalue weighted by Crippen LogP contribution is 2.33. The van der Waals surface area contributed by atoms with Gasteiger partial charge in [-0.15, -0.1) is 0 Å². The number of carbonyl (C=O) groups excluding carboxylic acids is 1. The number of ether oxygens (including phenoxy) is 3. The smallest absolute Gasteiger partial charge is 0.371 e. The molecule has 1 unspecified atom stereocenters. The minimum atomic E-state index is -1.37. The monoisotopic (exact) mass is 236 g/mol. The number of carbonyl (C=O) groups is 1. The second-order valence-electron chi connectivity index (χ2n) is 5.06. The first kappa shape index (κ1) is 11.9. The first-order valence-electron chi connectivity index (χ1n) is 5.51. The first-order valence-corrected chi connectivity index (χ1v) is 5.51. The molecule has 0 bridgehead atoms. The zero-order valence-electron chi connectivity index (χ0n) is 10.4. The van der Waals surface area contributed by atoms with Gasteiger partial charge in [0, 0.05) is 6.92 Å². The highest BCUT2D eigenvalue weighted by atomic mass is 16.9. The molecule has 1 atom stereocenters. The maximum atomic E-state index is 11.8.